The summed E-state index contributed by atoms with van der Waals surface area (Å²) in [6.45, 7) is 2.82. The molecule has 152 valence electrons. The molecule has 28 heavy (non-hydrogen) atoms. The van der Waals surface area contributed by atoms with Crippen LogP contribution in [0.15, 0.2) is 23.3 Å². The predicted octanol–water partition coefficient (Wildman–Crippen LogP) is 4.02. The van der Waals surface area contributed by atoms with E-state index >= 15 is 0 Å². The Balaban J connectivity index is 1.77. The molecule has 6 nitrogen and oxygen atoms in total. The predicted molar refractivity (Wildman–Crippen MR) is 111 cm³/mol. The Labute approximate surface area is 167 Å². The Kier molecular flexibility index (Phi) is 7.06. The van der Waals surface area contributed by atoms with Crippen molar-refractivity contribution in [2.24, 2.45) is 11.0 Å². The molecule has 6 heteroatoms. The highest BCUT2D eigenvalue weighted by Crippen LogP contribution is 2.33. The number of fused-ring (bicyclic) bond motifs is 1. The minimum Gasteiger partial charge on any atom is -0.497 e. The molecule has 1 aromatic carbocycles. The number of carbonyl (C=O) groups is 2. The SMILES string of the molecule is CCCCCCN1C(=O)C(=NNC(=O)C2CCCCC2)c2ccc(OC)cc21. The van der Waals surface area contributed by atoms with Gasteiger partial charge in [-0.3, -0.25) is 9.59 Å². The van der Waals surface area contributed by atoms with E-state index in [9.17, 15) is 9.59 Å². The van der Waals surface area contributed by atoms with Crippen LogP contribution in [-0.4, -0.2) is 31.2 Å². The van der Waals surface area contributed by atoms with Crippen molar-refractivity contribution in [3.8, 4) is 5.75 Å². The number of hydrogen-bond donors (Lipinski definition) is 1. The first kappa shape index (κ1) is 20.4. The molecule has 2 amide bonds. The van der Waals surface area contributed by atoms with Crippen molar-refractivity contribution in [1.82, 2.24) is 5.43 Å². The molecule has 0 radical (unpaired) electrons. The highest BCUT2D eigenvalue weighted by atomic mass is 16.5. The first-order chi connectivity index (χ1) is 13.7. The fourth-order valence-electron chi connectivity index (χ4n) is 4.01. The molecule has 1 N–H and O–H groups in total. The van der Waals surface area contributed by atoms with Crippen LogP contribution in [0.3, 0.4) is 0 Å². The third-order valence-electron chi connectivity index (χ3n) is 5.69. The van der Waals surface area contributed by atoms with Crippen LogP contribution in [0.2, 0.25) is 0 Å². The number of ether oxygens (including phenoxy) is 1. The Bertz CT molecular complexity index is 739. The number of hydrazone groups is 1. The number of benzene rings is 1. The molecule has 2 aliphatic rings. The number of rotatable bonds is 8. The van der Waals surface area contributed by atoms with Crippen LogP contribution in [0.4, 0.5) is 5.69 Å². The van der Waals surface area contributed by atoms with E-state index in [4.69, 9.17) is 4.74 Å². The van der Waals surface area contributed by atoms with Crippen molar-refractivity contribution in [3.05, 3.63) is 23.8 Å². The third kappa shape index (κ3) is 4.54. The molecule has 0 spiro atoms. The van der Waals surface area contributed by atoms with Gasteiger partial charge in [-0.15, -0.1) is 0 Å². The van der Waals surface area contributed by atoms with Crippen LogP contribution in [0.25, 0.3) is 0 Å². The molecule has 1 heterocycles. The minimum atomic E-state index is -0.149. The van der Waals surface area contributed by atoms with E-state index < -0.39 is 0 Å². The maximum atomic E-state index is 13.0. The van der Waals surface area contributed by atoms with Gasteiger partial charge >= 0.3 is 0 Å². The number of hydrogen-bond acceptors (Lipinski definition) is 4. The van der Waals surface area contributed by atoms with E-state index in [0.29, 0.717) is 18.0 Å². The highest BCUT2D eigenvalue weighted by molar-refractivity contribution is 6.54. The largest absolute Gasteiger partial charge is 0.497 e. The maximum absolute atomic E-state index is 13.0. The lowest BCUT2D eigenvalue weighted by Crippen LogP contribution is -2.34. The molecule has 0 unspecified atom stereocenters. The monoisotopic (exact) mass is 385 g/mol. The van der Waals surface area contributed by atoms with E-state index in [1.165, 1.54) is 6.42 Å². The first-order valence-electron chi connectivity index (χ1n) is 10.5. The Hall–Kier alpha value is -2.37. The molecule has 0 aromatic heterocycles. The number of nitrogens with one attached hydrogen (secondary N) is 1. The summed E-state index contributed by atoms with van der Waals surface area (Å²) < 4.78 is 5.33. The van der Waals surface area contributed by atoms with E-state index in [2.05, 4.69) is 17.5 Å². The van der Waals surface area contributed by atoms with Crippen molar-refractivity contribution >= 4 is 23.2 Å². The molecule has 1 saturated carbocycles. The summed E-state index contributed by atoms with van der Waals surface area (Å²) in [5, 5.41) is 4.26. The molecule has 3 rings (SSSR count). The summed E-state index contributed by atoms with van der Waals surface area (Å²) in [6.07, 6.45) is 9.51. The van der Waals surface area contributed by atoms with Crippen molar-refractivity contribution in [3.63, 3.8) is 0 Å². The zero-order valence-electron chi connectivity index (χ0n) is 17.0. The van der Waals surface area contributed by atoms with E-state index in [1.807, 2.05) is 18.2 Å². The lowest BCUT2D eigenvalue weighted by molar-refractivity contribution is -0.125. The molecular formula is C22H31N3O3. The zero-order valence-corrected chi connectivity index (χ0v) is 17.0. The number of anilines is 1. The van der Waals surface area contributed by atoms with Gasteiger partial charge in [0.05, 0.1) is 12.8 Å². The molecule has 1 aliphatic heterocycles. The van der Waals surface area contributed by atoms with Crippen LogP contribution in [0, 0.1) is 5.92 Å². The third-order valence-corrected chi connectivity index (χ3v) is 5.69. The zero-order chi connectivity index (χ0) is 19.9. The fraction of sp³-hybridized carbons (Fsp3) is 0.591. The quantitative estimate of drug-likeness (QED) is 0.543. The Morgan fingerprint density at radius 3 is 2.71 bits per heavy atom. The molecule has 0 atom stereocenters. The molecule has 0 saturated heterocycles. The summed E-state index contributed by atoms with van der Waals surface area (Å²) in [6, 6.07) is 5.55. The van der Waals surface area contributed by atoms with Gasteiger partial charge in [0.25, 0.3) is 5.91 Å². The lowest BCUT2D eigenvalue weighted by Gasteiger charge is -2.19. The van der Waals surface area contributed by atoms with Crippen LogP contribution in [0.1, 0.15) is 70.3 Å². The van der Waals surface area contributed by atoms with Gasteiger partial charge in [-0.25, -0.2) is 5.43 Å². The molecule has 1 aromatic rings. The molecule has 1 aliphatic carbocycles. The maximum Gasteiger partial charge on any atom is 0.279 e. The normalized spacial score (nSPS) is 18.4. The summed E-state index contributed by atoms with van der Waals surface area (Å²) in [5.74, 6) is 0.493. The van der Waals surface area contributed by atoms with Gasteiger partial charge < -0.3 is 9.64 Å². The van der Waals surface area contributed by atoms with Gasteiger partial charge in [-0.1, -0.05) is 45.4 Å². The smallest absolute Gasteiger partial charge is 0.279 e. The highest BCUT2D eigenvalue weighted by Gasteiger charge is 2.34. The van der Waals surface area contributed by atoms with Crippen molar-refractivity contribution in [1.29, 1.82) is 0 Å². The van der Waals surface area contributed by atoms with Gasteiger partial charge in [0, 0.05) is 24.1 Å². The van der Waals surface area contributed by atoms with Crippen LogP contribution >= 0.6 is 0 Å². The van der Waals surface area contributed by atoms with Gasteiger partial charge in [0.2, 0.25) is 5.91 Å². The minimum absolute atomic E-state index is 0.00934. The molecule has 0 bridgehead atoms. The first-order valence-corrected chi connectivity index (χ1v) is 10.5. The summed E-state index contributed by atoms with van der Waals surface area (Å²) in [5.41, 5.74) is 4.54. The van der Waals surface area contributed by atoms with E-state index in [1.54, 1.807) is 12.0 Å². The summed E-state index contributed by atoms with van der Waals surface area (Å²) in [7, 11) is 1.61. The van der Waals surface area contributed by atoms with Crippen molar-refractivity contribution < 1.29 is 14.3 Å². The summed E-state index contributed by atoms with van der Waals surface area (Å²) in [4.78, 5) is 27.2. The van der Waals surface area contributed by atoms with Crippen LogP contribution in [-0.2, 0) is 9.59 Å². The standard InChI is InChI=1S/C22H31N3O3/c1-3-4-5-9-14-25-19-15-17(28-2)12-13-18(19)20(22(25)27)23-24-21(26)16-10-7-6-8-11-16/h12-13,15-16H,3-11,14H2,1-2H3,(H,24,26). The fourth-order valence-corrected chi connectivity index (χ4v) is 4.01. The van der Waals surface area contributed by atoms with Crippen molar-refractivity contribution in [2.45, 2.75) is 64.7 Å². The number of nitrogens with zero attached hydrogens (tertiary/aromatic N) is 2. The summed E-state index contributed by atoms with van der Waals surface area (Å²) >= 11 is 0. The average Bonchev–Trinajstić information content (AvgIpc) is 3.00. The van der Waals surface area contributed by atoms with Crippen LogP contribution in [0.5, 0.6) is 5.75 Å². The Morgan fingerprint density at radius 2 is 2.00 bits per heavy atom. The van der Waals surface area contributed by atoms with Crippen LogP contribution < -0.4 is 15.1 Å². The van der Waals surface area contributed by atoms with Crippen molar-refractivity contribution in [2.75, 3.05) is 18.6 Å². The average molecular weight is 386 g/mol. The van der Waals surface area contributed by atoms with E-state index in [0.717, 1.165) is 62.6 Å². The second-order valence-electron chi connectivity index (χ2n) is 7.67. The molecule has 1 fully saturated rings. The van der Waals surface area contributed by atoms with Gasteiger partial charge in [-0.05, 0) is 31.4 Å². The number of methoxy groups -OCH3 is 1. The van der Waals surface area contributed by atoms with E-state index in [-0.39, 0.29) is 17.7 Å². The lowest BCUT2D eigenvalue weighted by atomic mass is 9.89. The Morgan fingerprint density at radius 1 is 1.21 bits per heavy atom. The second kappa shape index (κ2) is 9.71. The second-order valence-corrected chi connectivity index (χ2v) is 7.67. The van der Waals surface area contributed by atoms with Gasteiger partial charge in [0.1, 0.15) is 5.75 Å². The molecular weight excluding hydrogens is 354 g/mol. The number of unbranched alkanes of at least 4 members (excludes halogenated alkanes) is 3. The topological polar surface area (TPSA) is 71.0 Å². The van der Waals surface area contributed by atoms with Gasteiger partial charge in [0.15, 0.2) is 5.71 Å². The van der Waals surface area contributed by atoms with Gasteiger partial charge in [-0.2, -0.15) is 5.10 Å². The number of amides is 2. The number of carbonyl (C=O) groups excluding carboxylic acids is 2.